The van der Waals surface area contributed by atoms with Crippen molar-refractivity contribution in [1.82, 2.24) is 19.2 Å². The normalized spacial score (nSPS) is 25.6. The van der Waals surface area contributed by atoms with Crippen molar-refractivity contribution in [1.29, 1.82) is 0 Å². The van der Waals surface area contributed by atoms with Crippen LogP contribution in [0, 0.1) is 5.41 Å². The van der Waals surface area contributed by atoms with Gasteiger partial charge in [-0.2, -0.15) is 0 Å². The van der Waals surface area contributed by atoms with Gasteiger partial charge in [0.15, 0.2) is 0 Å². The SMILES string of the molecule is CC.CC(=O)N1CCC2(CCC(c3cccc4cnc(NC5CCN(S(C)(=O)=O)CC5)nc34)C2)C1. The molecular formula is C26H39N5O3S. The first kappa shape index (κ1) is 25.8. The molecule has 3 aliphatic rings. The number of hydrogen-bond donors (Lipinski definition) is 1. The summed E-state index contributed by atoms with van der Waals surface area (Å²) < 4.78 is 25.1. The summed E-state index contributed by atoms with van der Waals surface area (Å²) in [7, 11) is -3.13. The predicted octanol–water partition coefficient (Wildman–Crippen LogP) is 4.00. The van der Waals surface area contributed by atoms with Crippen LogP contribution in [0.3, 0.4) is 0 Å². The summed E-state index contributed by atoms with van der Waals surface area (Å²) >= 11 is 0. The summed E-state index contributed by atoms with van der Waals surface area (Å²) in [6.07, 6.45) is 9.13. The third-order valence-corrected chi connectivity index (χ3v) is 9.23. The second-order valence-electron chi connectivity index (χ2n) is 10.2. The number of benzene rings is 1. The second-order valence-corrected chi connectivity index (χ2v) is 12.2. The van der Waals surface area contributed by atoms with Crippen LogP contribution >= 0.6 is 0 Å². The van der Waals surface area contributed by atoms with Gasteiger partial charge in [-0.15, -0.1) is 0 Å². The number of anilines is 1. The van der Waals surface area contributed by atoms with Crippen molar-refractivity contribution < 1.29 is 13.2 Å². The van der Waals surface area contributed by atoms with E-state index in [4.69, 9.17) is 4.98 Å². The average molecular weight is 502 g/mol. The van der Waals surface area contributed by atoms with Crippen LogP contribution in [-0.4, -0.2) is 72.0 Å². The molecule has 192 valence electrons. The average Bonchev–Trinajstić information content (AvgIpc) is 3.46. The second kappa shape index (κ2) is 10.4. The summed E-state index contributed by atoms with van der Waals surface area (Å²) in [5, 5.41) is 4.49. The molecule has 1 aliphatic carbocycles. The van der Waals surface area contributed by atoms with Crippen molar-refractivity contribution in [3.05, 3.63) is 30.0 Å². The number of carbonyl (C=O) groups is 1. The van der Waals surface area contributed by atoms with Crippen molar-refractivity contribution in [2.75, 3.05) is 37.8 Å². The molecule has 3 heterocycles. The van der Waals surface area contributed by atoms with Crippen LogP contribution in [0.4, 0.5) is 5.95 Å². The fraction of sp³-hybridized carbons (Fsp3) is 0.654. The molecule has 35 heavy (non-hydrogen) atoms. The first-order valence-electron chi connectivity index (χ1n) is 13.0. The summed E-state index contributed by atoms with van der Waals surface area (Å²) in [5.74, 6) is 1.25. The van der Waals surface area contributed by atoms with Gasteiger partial charge in [-0.3, -0.25) is 4.79 Å². The highest BCUT2D eigenvalue weighted by Crippen LogP contribution is 2.52. The van der Waals surface area contributed by atoms with E-state index in [2.05, 4.69) is 28.5 Å². The number of carbonyl (C=O) groups excluding carboxylic acids is 1. The lowest BCUT2D eigenvalue weighted by Crippen LogP contribution is -2.42. The van der Waals surface area contributed by atoms with E-state index >= 15 is 0 Å². The minimum absolute atomic E-state index is 0.165. The molecule has 3 fully saturated rings. The Morgan fingerprint density at radius 2 is 1.86 bits per heavy atom. The summed E-state index contributed by atoms with van der Waals surface area (Å²) in [6.45, 7) is 8.49. The molecule has 1 aromatic heterocycles. The maximum absolute atomic E-state index is 11.8. The van der Waals surface area contributed by atoms with Crippen LogP contribution in [0.1, 0.15) is 70.8 Å². The lowest BCUT2D eigenvalue weighted by atomic mass is 9.83. The van der Waals surface area contributed by atoms with Gasteiger partial charge in [0.25, 0.3) is 0 Å². The predicted molar refractivity (Wildman–Crippen MR) is 140 cm³/mol. The van der Waals surface area contributed by atoms with Gasteiger partial charge in [0.05, 0.1) is 11.8 Å². The summed E-state index contributed by atoms with van der Waals surface area (Å²) in [4.78, 5) is 23.3. The Morgan fingerprint density at radius 1 is 1.11 bits per heavy atom. The molecule has 1 amide bonds. The number of rotatable bonds is 4. The van der Waals surface area contributed by atoms with E-state index in [1.165, 1.54) is 16.1 Å². The molecule has 0 radical (unpaired) electrons. The molecule has 1 aromatic carbocycles. The maximum Gasteiger partial charge on any atom is 0.223 e. The van der Waals surface area contributed by atoms with E-state index in [9.17, 15) is 13.2 Å². The highest BCUT2D eigenvalue weighted by Gasteiger charge is 2.45. The fourth-order valence-electron chi connectivity index (χ4n) is 6.04. The standard InChI is InChI=1S/C24H33N5O3S.C2H6/c1-17(30)28-13-10-24(16-28)9-6-18(14-24)21-5-3-4-19-15-25-23(27-22(19)21)26-20-7-11-29(12-8-20)33(2,31)32;1-2/h3-5,15,18,20H,6-14,16H2,1-2H3,(H,25,26,27);1-2H3. The van der Waals surface area contributed by atoms with Gasteiger partial charge >= 0.3 is 0 Å². The highest BCUT2D eigenvalue weighted by molar-refractivity contribution is 7.88. The van der Waals surface area contributed by atoms with E-state index in [0.717, 1.165) is 62.5 Å². The van der Waals surface area contributed by atoms with Crippen molar-refractivity contribution >= 4 is 32.8 Å². The molecule has 5 rings (SSSR count). The van der Waals surface area contributed by atoms with E-state index in [-0.39, 0.29) is 17.4 Å². The van der Waals surface area contributed by atoms with Gasteiger partial charge in [-0.05, 0) is 55.4 Å². The van der Waals surface area contributed by atoms with Crippen LogP contribution < -0.4 is 5.32 Å². The molecule has 2 atom stereocenters. The third kappa shape index (κ3) is 5.61. The van der Waals surface area contributed by atoms with Crippen molar-refractivity contribution in [2.45, 2.75) is 71.3 Å². The van der Waals surface area contributed by atoms with E-state index in [1.54, 1.807) is 6.92 Å². The molecule has 1 spiro atoms. The van der Waals surface area contributed by atoms with Gasteiger partial charge in [0.2, 0.25) is 21.9 Å². The fourth-order valence-corrected chi connectivity index (χ4v) is 6.91. The number of sulfonamides is 1. The topological polar surface area (TPSA) is 95.5 Å². The lowest BCUT2D eigenvalue weighted by Gasteiger charge is -2.30. The molecule has 9 heteroatoms. The van der Waals surface area contributed by atoms with Gasteiger partial charge < -0.3 is 10.2 Å². The number of likely N-dealkylation sites (tertiary alicyclic amines) is 1. The number of piperidine rings is 1. The molecule has 2 aromatic rings. The van der Waals surface area contributed by atoms with E-state index in [1.807, 2.05) is 24.9 Å². The molecular weight excluding hydrogens is 462 g/mol. The first-order chi connectivity index (χ1) is 16.7. The first-order valence-corrected chi connectivity index (χ1v) is 14.8. The smallest absolute Gasteiger partial charge is 0.223 e. The van der Waals surface area contributed by atoms with Crippen molar-refractivity contribution in [3.63, 3.8) is 0 Å². The molecule has 1 N–H and O–H groups in total. The minimum atomic E-state index is -3.13. The van der Waals surface area contributed by atoms with E-state index in [0.29, 0.717) is 25.0 Å². The van der Waals surface area contributed by atoms with Gasteiger partial charge in [0.1, 0.15) is 0 Å². The number of amides is 1. The lowest BCUT2D eigenvalue weighted by molar-refractivity contribution is -0.128. The van der Waals surface area contributed by atoms with Gasteiger partial charge in [0, 0.05) is 50.7 Å². The minimum Gasteiger partial charge on any atom is -0.351 e. The molecule has 0 bridgehead atoms. The number of fused-ring (bicyclic) bond motifs is 1. The van der Waals surface area contributed by atoms with Crippen LogP contribution in [-0.2, 0) is 14.8 Å². The quantitative estimate of drug-likeness (QED) is 0.680. The van der Waals surface area contributed by atoms with Crippen LogP contribution in [0.5, 0.6) is 0 Å². The number of para-hydroxylation sites is 1. The van der Waals surface area contributed by atoms with Crippen LogP contribution in [0.25, 0.3) is 10.9 Å². The molecule has 2 unspecified atom stereocenters. The molecule has 2 saturated heterocycles. The Hall–Kier alpha value is -2.26. The zero-order valence-corrected chi connectivity index (χ0v) is 22.3. The van der Waals surface area contributed by atoms with Crippen molar-refractivity contribution in [2.24, 2.45) is 5.41 Å². The number of hydrogen-bond acceptors (Lipinski definition) is 6. The Morgan fingerprint density at radius 3 is 2.51 bits per heavy atom. The Kier molecular flexibility index (Phi) is 7.66. The molecule has 8 nitrogen and oxygen atoms in total. The number of aromatic nitrogens is 2. The third-order valence-electron chi connectivity index (χ3n) is 7.92. The Labute approximate surface area is 209 Å². The summed E-state index contributed by atoms with van der Waals surface area (Å²) in [6, 6.07) is 6.52. The van der Waals surface area contributed by atoms with Crippen molar-refractivity contribution in [3.8, 4) is 0 Å². The Bertz CT molecular complexity index is 1160. The van der Waals surface area contributed by atoms with E-state index < -0.39 is 10.0 Å². The molecule has 2 aliphatic heterocycles. The number of nitrogens with one attached hydrogen (secondary N) is 1. The summed E-state index contributed by atoms with van der Waals surface area (Å²) in [5.41, 5.74) is 2.54. The highest BCUT2D eigenvalue weighted by atomic mass is 32.2. The largest absolute Gasteiger partial charge is 0.351 e. The van der Waals surface area contributed by atoms with Gasteiger partial charge in [-0.25, -0.2) is 22.7 Å². The Balaban J connectivity index is 0.00000141. The van der Waals surface area contributed by atoms with Crippen LogP contribution in [0.2, 0.25) is 0 Å². The molecule has 1 saturated carbocycles. The van der Waals surface area contributed by atoms with Gasteiger partial charge in [-0.1, -0.05) is 32.0 Å². The monoisotopic (exact) mass is 501 g/mol. The maximum atomic E-state index is 11.8. The number of nitrogens with zero attached hydrogens (tertiary/aromatic N) is 4. The zero-order valence-electron chi connectivity index (χ0n) is 21.5. The zero-order chi connectivity index (χ0) is 25.2. The van der Waals surface area contributed by atoms with Crippen LogP contribution in [0.15, 0.2) is 24.4 Å².